The highest BCUT2D eigenvalue weighted by Crippen LogP contribution is 2.37. The minimum absolute atomic E-state index is 0.297. The first-order valence-electron chi connectivity index (χ1n) is 6.00. The zero-order chi connectivity index (χ0) is 15.0. The second-order valence-corrected chi connectivity index (χ2v) is 6.33. The van der Waals surface area contributed by atoms with E-state index in [1.54, 1.807) is 6.92 Å². The van der Waals surface area contributed by atoms with Gasteiger partial charge in [0.1, 0.15) is 32.4 Å². The summed E-state index contributed by atoms with van der Waals surface area (Å²) in [6, 6.07) is 1.86. The zero-order valence-corrected chi connectivity index (χ0v) is 12.8. The number of aromatic carboxylic acids is 1. The van der Waals surface area contributed by atoms with Gasteiger partial charge in [-0.15, -0.1) is 11.3 Å². The smallest absolute Gasteiger partial charge is 0.346 e. The first-order chi connectivity index (χ1) is 10.1. The zero-order valence-electron chi connectivity index (χ0n) is 11.2. The lowest BCUT2D eigenvalue weighted by atomic mass is 10.2. The number of carboxylic acids is 1. The van der Waals surface area contributed by atoms with Gasteiger partial charge >= 0.3 is 5.97 Å². The van der Waals surface area contributed by atoms with Gasteiger partial charge in [0, 0.05) is 11.1 Å². The quantitative estimate of drug-likeness (QED) is 0.743. The second kappa shape index (κ2) is 5.38. The van der Waals surface area contributed by atoms with Crippen LogP contribution in [0, 0.1) is 13.8 Å². The molecule has 0 bridgehead atoms. The summed E-state index contributed by atoms with van der Waals surface area (Å²) in [6.45, 7) is 3.67. The van der Waals surface area contributed by atoms with Crippen molar-refractivity contribution in [1.29, 1.82) is 0 Å². The average molecular weight is 318 g/mol. The Kier molecular flexibility index (Phi) is 3.56. The summed E-state index contributed by atoms with van der Waals surface area (Å²) in [7, 11) is 0. The molecule has 3 aromatic heterocycles. The highest BCUT2D eigenvalue weighted by Gasteiger charge is 2.19. The monoisotopic (exact) mass is 318 g/mol. The van der Waals surface area contributed by atoms with Gasteiger partial charge in [-0.05, 0) is 37.2 Å². The van der Waals surface area contributed by atoms with Crippen molar-refractivity contribution in [3.05, 3.63) is 34.9 Å². The van der Waals surface area contributed by atoms with Crippen LogP contribution in [0.25, 0.3) is 10.2 Å². The SMILES string of the molecule is Cc1cc(Sc2ncnc3sc(C(=O)O)c(C)c23)ncn1. The summed E-state index contributed by atoms with van der Waals surface area (Å²) < 4.78 is 0. The molecule has 0 saturated heterocycles. The highest BCUT2D eigenvalue weighted by atomic mass is 32.2. The third kappa shape index (κ3) is 2.59. The summed E-state index contributed by atoms with van der Waals surface area (Å²) in [5.74, 6) is -0.940. The third-order valence-corrected chi connectivity index (χ3v) is 4.99. The van der Waals surface area contributed by atoms with Crippen molar-refractivity contribution in [1.82, 2.24) is 19.9 Å². The Hall–Kier alpha value is -2.06. The van der Waals surface area contributed by atoms with Crippen LogP contribution in [0.1, 0.15) is 20.9 Å². The van der Waals surface area contributed by atoms with Crippen LogP contribution < -0.4 is 0 Å². The lowest BCUT2D eigenvalue weighted by molar-refractivity contribution is 0.0701. The van der Waals surface area contributed by atoms with E-state index in [0.717, 1.165) is 27.4 Å². The fourth-order valence-corrected chi connectivity index (χ4v) is 3.94. The number of aryl methyl sites for hydroxylation is 2. The van der Waals surface area contributed by atoms with Gasteiger partial charge in [0.15, 0.2) is 0 Å². The van der Waals surface area contributed by atoms with Crippen molar-refractivity contribution in [2.75, 3.05) is 0 Å². The Balaban J connectivity index is 2.12. The Labute approximate surface area is 128 Å². The molecular formula is C13H10N4O2S2. The van der Waals surface area contributed by atoms with E-state index >= 15 is 0 Å². The molecule has 0 atom stereocenters. The van der Waals surface area contributed by atoms with Gasteiger partial charge in [0.05, 0.1) is 0 Å². The maximum atomic E-state index is 11.2. The molecule has 0 saturated carbocycles. The maximum absolute atomic E-state index is 11.2. The molecule has 8 heteroatoms. The molecule has 1 N–H and O–H groups in total. The molecule has 3 rings (SSSR count). The van der Waals surface area contributed by atoms with E-state index in [4.69, 9.17) is 0 Å². The van der Waals surface area contributed by atoms with Crippen molar-refractivity contribution >= 4 is 39.3 Å². The van der Waals surface area contributed by atoms with Crippen LogP contribution in [0.4, 0.5) is 0 Å². The Morgan fingerprint density at radius 1 is 1.19 bits per heavy atom. The minimum atomic E-state index is -0.940. The standard InChI is InChI=1S/C13H10N4O2S2/c1-6-3-8(15-4-14-6)20-11-9-7(2)10(13(18)19)21-12(9)17-5-16-11/h3-5H,1-2H3,(H,18,19). The number of hydrogen-bond acceptors (Lipinski definition) is 7. The molecule has 0 aliphatic heterocycles. The number of aromatic nitrogens is 4. The second-order valence-electron chi connectivity index (χ2n) is 4.32. The lowest BCUT2D eigenvalue weighted by Crippen LogP contribution is -1.94. The topological polar surface area (TPSA) is 88.9 Å². The van der Waals surface area contributed by atoms with Crippen LogP contribution in [0.2, 0.25) is 0 Å². The molecule has 0 unspecified atom stereocenters. The summed E-state index contributed by atoms with van der Waals surface area (Å²) in [4.78, 5) is 28.9. The molecule has 0 aromatic carbocycles. The van der Waals surface area contributed by atoms with E-state index in [9.17, 15) is 9.90 Å². The first kappa shape index (κ1) is 13.9. The van der Waals surface area contributed by atoms with Crippen molar-refractivity contribution in [2.24, 2.45) is 0 Å². The molecule has 0 aliphatic carbocycles. The predicted octanol–water partition coefficient (Wildman–Crippen LogP) is 2.95. The first-order valence-corrected chi connectivity index (χ1v) is 7.63. The Bertz CT molecular complexity index is 847. The minimum Gasteiger partial charge on any atom is -0.477 e. The van der Waals surface area contributed by atoms with Crippen molar-refractivity contribution in [3.8, 4) is 0 Å². The molecule has 0 amide bonds. The molecule has 6 nitrogen and oxygen atoms in total. The van der Waals surface area contributed by atoms with Gasteiger partial charge in [-0.25, -0.2) is 24.7 Å². The Morgan fingerprint density at radius 2 is 1.95 bits per heavy atom. The van der Waals surface area contributed by atoms with Crippen molar-refractivity contribution < 1.29 is 9.90 Å². The number of nitrogens with zero attached hydrogens (tertiary/aromatic N) is 4. The van der Waals surface area contributed by atoms with Crippen molar-refractivity contribution in [3.63, 3.8) is 0 Å². The van der Waals surface area contributed by atoms with Crippen LogP contribution in [-0.4, -0.2) is 31.0 Å². The maximum Gasteiger partial charge on any atom is 0.346 e. The third-order valence-electron chi connectivity index (χ3n) is 2.87. The number of fused-ring (bicyclic) bond motifs is 1. The lowest BCUT2D eigenvalue weighted by Gasteiger charge is -2.02. The van der Waals surface area contributed by atoms with Gasteiger partial charge in [0.25, 0.3) is 0 Å². The van der Waals surface area contributed by atoms with Crippen molar-refractivity contribution in [2.45, 2.75) is 23.9 Å². The largest absolute Gasteiger partial charge is 0.477 e. The molecule has 0 radical (unpaired) electrons. The molecule has 3 heterocycles. The van der Waals surface area contributed by atoms with Gasteiger partial charge < -0.3 is 5.11 Å². The van der Waals surface area contributed by atoms with E-state index in [1.165, 1.54) is 24.4 Å². The number of carbonyl (C=O) groups is 1. The summed E-state index contributed by atoms with van der Waals surface area (Å²) in [5, 5.41) is 11.5. The van der Waals surface area contributed by atoms with Gasteiger partial charge in [-0.3, -0.25) is 0 Å². The number of rotatable bonds is 3. The molecular weight excluding hydrogens is 308 g/mol. The van der Waals surface area contributed by atoms with E-state index in [0.29, 0.717) is 20.3 Å². The van der Waals surface area contributed by atoms with E-state index in [2.05, 4.69) is 19.9 Å². The van der Waals surface area contributed by atoms with Gasteiger partial charge in [0.2, 0.25) is 0 Å². The highest BCUT2D eigenvalue weighted by molar-refractivity contribution is 7.99. The number of thiophene rings is 1. The molecule has 3 aromatic rings. The molecule has 21 heavy (non-hydrogen) atoms. The molecule has 0 spiro atoms. The average Bonchev–Trinajstić information content (AvgIpc) is 2.77. The van der Waals surface area contributed by atoms with Gasteiger partial charge in [-0.1, -0.05) is 0 Å². The number of carboxylic acid groups (broad SMARTS) is 1. The predicted molar refractivity (Wildman–Crippen MR) is 80.0 cm³/mol. The summed E-state index contributed by atoms with van der Waals surface area (Å²) in [6.07, 6.45) is 2.94. The van der Waals surface area contributed by atoms with Crippen LogP contribution in [0.5, 0.6) is 0 Å². The van der Waals surface area contributed by atoms with E-state index < -0.39 is 5.97 Å². The fraction of sp³-hybridized carbons (Fsp3) is 0.154. The van der Waals surface area contributed by atoms with E-state index in [1.807, 2.05) is 13.0 Å². The summed E-state index contributed by atoms with van der Waals surface area (Å²) >= 11 is 2.55. The van der Waals surface area contributed by atoms with Gasteiger partial charge in [-0.2, -0.15) is 0 Å². The normalized spacial score (nSPS) is 11.0. The summed E-state index contributed by atoms with van der Waals surface area (Å²) in [5.41, 5.74) is 1.56. The fourth-order valence-electron chi connectivity index (χ4n) is 1.91. The van der Waals surface area contributed by atoms with Crippen LogP contribution in [0.15, 0.2) is 28.8 Å². The van der Waals surface area contributed by atoms with Crippen LogP contribution >= 0.6 is 23.1 Å². The molecule has 0 aliphatic rings. The number of hydrogen-bond donors (Lipinski definition) is 1. The molecule has 106 valence electrons. The van der Waals surface area contributed by atoms with Crippen LogP contribution in [0.3, 0.4) is 0 Å². The Morgan fingerprint density at radius 3 is 2.67 bits per heavy atom. The van der Waals surface area contributed by atoms with E-state index in [-0.39, 0.29) is 0 Å². The molecule has 0 fully saturated rings. The van der Waals surface area contributed by atoms with Crippen LogP contribution in [-0.2, 0) is 0 Å².